The summed E-state index contributed by atoms with van der Waals surface area (Å²) >= 11 is 7.24. The fourth-order valence-electron chi connectivity index (χ4n) is 3.77. The number of aryl methyl sites for hydroxylation is 1. The number of carbonyl (C=O) groups excluding carboxylic acids is 3. The number of non-ortho nitro benzene ring substituents is 1. The van der Waals surface area contributed by atoms with Gasteiger partial charge >= 0.3 is 0 Å². The molecule has 0 aliphatic heterocycles. The molecule has 0 unspecified atom stereocenters. The highest BCUT2D eigenvalue weighted by atomic mass is 35.5. The maximum atomic E-state index is 13.3. The van der Waals surface area contributed by atoms with E-state index in [1.54, 1.807) is 91.9 Å². The number of nitro groups is 1. The van der Waals surface area contributed by atoms with E-state index in [2.05, 4.69) is 16.0 Å². The zero-order valence-corrected chi connectivity index (χ0v) is 23.9. The summed E-state index contributed by atoms with van der Waals surface area (Å²) in [5, 5.41) is 19.7. The second kappa shape index (κ2) is 14.1. The molecule has 9 nitrogen and oxygen atoms in total. The molecule has 212 valence electrons. The van der Waals surface area contributed by atoms with E-state index in [1.165, 1.54) is 30.0 Å². The van der Waals surface area contributed by atoms with Gasteiger partial charge in [0.1, 0.15) is 5.70 Å². The summed E-state index contributed by atoms with van der Waals surface area (Å²) in [6.45, 7) is 1.68. The van der Waals surface area contributed by atoms with Gasteiger partial charge in [0, 0.05) is 39.0 Å². The second-order valence-corrected chi connectivity index (χ2v) is 10.5. The molecule has 3 amide bonds. The third kappa shape index (κ3) is 8.53. The number of halogens is 1. The number of anilines is 2. The topological polar surface area (TPSA) is 130 Å². The first-order valence-electron chi connectivity index (χ1n) is 12.6. The van der Waals surface area contributed by atoms with Crippen LogP contribution in [-0.2, 0) is 9.59 Å². The highest BCUT2D eigenvalue weighted by Gasteiger charge is 2.16. The van der Waals surface area contributed by atoms with Crippen LogP contribution in [0.2, 0.25) is 5.02 Å². The molecule has 0 aliphatic rings. The predicted molar refractivity (Wildman–Crippen MR) is 166 cm³/mol. The van der Waals surface area contributed by atoms with Crippen molar-refractivity contribution in [1.29, 1.82) is 0 Å². The molecule has 42 heavy (non-hydrogen) atoms. The summed E-state index contributed by atoms with van der Waals surface area (Å²) in [7, 11) is 0. The van der Waals surface area contributed by atoms with Crippen LogP contribution in [0.15, 0.2) is 108 Å². The Bertz CT molecular complexity index is 1660. The first-order valence-corrected chi connectivity index (χ1v) is 14.0. The molecular formula is C31H25ClN4O5S. The molecule has 0 aromatic heterocycles. The Labute approximate surface area is 251 Å². The van der Waals surface area contributed by atoms with Gasteiger partial charge in [0.25, 0.3) is 17.5 Å². The van der Waals surface area contributed by atoms with Crippen LogP contribution in [0.5, 0.6) is 0 Å². The van der Waals surface area contributed by atoms with Crippen LogP contribution >= 0.6 is 23.4 Å². The molecule has 0 fully saturated rings. The number of nitro benzene ring substituents is 1. The lowest BCUT2D eigenvalue weighted by Crippen LogP contribution is -2.30. The number of rotatable bonds is 10. The van der Waals surface area contributed by atoms with Crippen molar-refractivity contribution in [3.05, 3.63) is 135 Å². The average molecular weight is 601 g/mol. The third-order valence-corrected chi connectivity index (χ3v) is 7.11. The SMILES string of the molecule is Cc1cc([N+](=O)[O-])ccc1NC(=O)CSc1cccc(NC(=O)/C(=C/c2ccc(Cl)cc2)NC(=O)c2ccccc2)c1. The van der Waals surface area contributed by atoms with Crippen molar-refractivity contribution in [1.82, 2.24) is 5.32 Å². The molecule has 0 saturated heterocycles. The molecule has 0 spiro atoms. The minimum Gasteiger partial charge on any atom is -0.325 e. The number of hydrogen-bond donors (Lipinski definition) is 3. The number of benzene rings is 4. The van der Waals surface area contributed by atoms with Crippen LogP contribution in [0.1, 0.15) is 21.5 Å². The molecule has 4 aromatic rings. The molecule has 0 aliphatic carbocycles. The van der Waals surface area contributed by atoms with Gasteiger partial charge in [-0.15, -0.1) is 11.8 Å². The zero-order valence-electron chi connectivity index (χ0n) is 22.3. The summed E-state index contributed by atoms with van der Waals surface area (Å²) in [5.74, 6) is -1.20. The first kappa shape index (κ1) is 30.0. The summed E-state index contributed by atoms with van der Waals surface area (Å²) in [6.07, 6.45) is 1.55. The molecule has 3 N–H and O–H groups in total. The summed E-state index contributed by atoms with van der Waals surface area (Å²) < 4.78 is 0. The van der Waals surface area contributed by atoms with Crippen LogP contribution in [0.4, 0.5) is 17.1 Å². The van der Waals surface area contributed by atoms with Crippen molar-refractivity contribution < 1.29 is 19.3 Å². The van der Waals surface area contributed by atoms with Crippen molar-refractivity contribution >= 4 is 64.2 Å². The molecule has 11 heteroatoms. The monoisotopic (exact) mass is 600 g/mol. The van der Waals surface area contributed by atoms with Crippen molar-refractivity contribution in [3.8, 4) is 0 Å². The van der Waals surface area contributed by atoms with Crippen molar-refractivity contribution in [2.24, 2.45) is 0 Å². The fourth-order valence-corrected chi connectivity index (χ4v) is 4.65. The zero-order chi connectivity index (χ0) is 30.1. The van der Waals surface area contributed by atoms with Gasteiger partial charge in [-0.1, -0.05) is 48.0 Å². The number of thioether (sulfide) groups is 1. The molecule has 0 saturated carbocycles. The Morgan fingerprint density at radius 2 is 1.64 bits per heavy atom. The molecule has 0 radical (unpaired) electrons. The second-order valence-electron chi connectivity index (χ2n) is 9.00. The third-order valence-electron chi connectivity index (χ3n) is 5.87. The van der Waals surface area contributed by atoms with E-state index in [1.807, 2.05) is 0 Å². The minimum absolute atomic E-state index is 0.0297. The van der Waals surface area contributed by atoms with E-state index in [0.29, 0.717) is 33.1 Å². The molecule has 0 atom stereocenters. The van der Waals surface area contributed by atoms with Gasteiger partial charge in [0.2, 0.25) is 5.91 Å². The van der Waals surface area contributed by atoms with E-state index < -0.39 is 16.7 Å². The van der Waals surface area contributed by atoms with E-state index in [4.69, 9.17) is 11.6 Å². The smallest absolute Gasteiger partial charge is 0.272 e. The largest absolute Gasteiger partial charge is 0.325 e. The predicted octanol–water partition coefficient (Wildman–Crippen LogP) is 6.70. The minimum atomic E-state index is -0.539. The molecule has 0 heterocycles. The molecule has 4 rings (SSSR count). The van der Waals surface area contributed by atoms with Gasteiger partial charge in [-0.25, -0.2) is 0 Å². The Hall–Kier alpha value is -4.93. The van der Waals surface area contributed by atoms with Gasteiger partial charge < -0.3 is 16.0 Å². The normalized spacial score (nSPS) is 11.0. The van der Waals surface area contributed by atoms with E-state index in [0.717, 1.165) is 4.90 Å². The van der Waals surface area contributed by atoms with Crippen LogP contribution in [0.25, 0.3) is 6.08 Å². The number of nitrogens with one attached hydrogen (secondary N) is 3. The highest BCUT2D eigenvalue weighted by Crippen LogP contribution is 2.24. The number of hydrogen-bond acceptors (Lipinski definition) is 6. The summed E-state index contributed by atoms with van der Waals surface area (Å²) in [6, 6.07) is 26.5. The van der Waals surface area contributed by atoms with Crippen molar-refractivity contribution in [3.63, 3.8) is 0 Å². The standard InChI is InChI=1S/C31H25ClN4O5S/c1-20-16-25(36(40)41)14-15-27(20)34-29(37)19-42-26-9-5-8-24(18-26)33-31(39)28(17-21-10-12-23(32)13-11-21)35-30(38)22-6-3-2-4-7-22/h2-18H,19H2,1H3,(H,33,39)(H,34,37)(H,35,38)/b28-17-. The molecule has 0 bridgehead atoms. The number of nitrogens with zero attached hydrogens (tertiary/aromatic N) is 1. The van der Waals surface area contributed by atoms with Crippen LogP contribution < -0.4 is 16.0 Å². The summed E-state index contributed by atoms with van der Waals surface area (Å²) in [5.41, 5.74) is 2.57. The van der Waals surface area contributed by atoms with Gasteiger partial charge in [-0.05, 0) is 72.7 Å². The number of carbonyl (C=O) groups is 3. The number of amides is 3. The Balaban J connectivity index is 1.43. The maximum Gasteiger partial charge on any atom is 0.272 e. The lowest BCUT2D eigenvalue weighted by atomic mass is 10.1. The van der Waals surface area contributed by atoms with E-state index >= 15 is 0 Å². The van der Waals surface area contributed by atoms with E-state index in [9.17, 15) is 24.5 Å². The Kier molecular flexibility index (Phi) is 10.1. The average Bonchev–Trinajstić information content (AvgIpc) is 2.98. The van der Waals surface area contributed by atoms with Crippen molar-refractivity contribution in [2.75, 3.05) is 16.4 Å². The lowest BCUT2D eigenvalue weighted by molar-refractivity contribution is -0.384. The van der Waals surface area contributed by atoms with Crippen LogP contribution in [0, 0.1) is 17.0 Å². The Morgan fingerprint density at radius 1 is 0.905 bits per heavy atom. The summed E-state index contributed by atoms with van der Waals surface area (Å²) in [4.78, 5) is 49.8. The highest BCUT2D eigenvalue weighted by molar-refractivity contribution is 8.00. The van der Waals surface area contributed by atoms with Gasteiger partial charge in [0.05, 0.1) is 10.7 Å². The lowest BCUT2D eigenvalue weighted by Gasteiger charge is -2.12. The first-order chi connectivity index (χ1) is 20.2. The van der Waals surface area contributed by atoms with Gasteiger partial charge in [0.15, 0.2) is 0 Å². The fraction of sp³-hybridized carbons (Fsp3) is 0.0645. The quantitative estimate of drug-likeness (QED) is 0.0804. The molecule has 4 aromatic carbocycles. The van der Waals surface area contributed by atoms with Crippen molar-refractivity contribution in [2.45, 2.75) is 11.8 Å². The van der Waals surface area contributed by atoms with Gasteiger partial charge in [-0.2, -0.15) is 0 Å². The molecular weight excluding hydrogens is 576 g/mol. The van der Waals surface area contributed by atoms with E-state index in [-0.39, 0.29) is 23.0 Å². The van der Waals surface area contributed by atoms with Crippen LogP contribution in [0.3, 0.4) is 0 Å². The van der Waals surface area contributed by atoms with Crippen LogP contribution in [-0.4, -0.2) is 28.4 Å². The Morgan fingerprint density at radius 3 is 2.33 bits per heavy atom. The van der Waals surface area contributed by atoms with Gasteiger partial charge in [-0.3, -0.25) is 24.5 Å². The maximum absolute atomic E-state index is 13.3.